The van der Waals surface area contributed by atoms with Gasteiger partial charge in [-0.15, -0.1) is 0 Å². The minimum Gasteiger partial charge on any atom is -0.380 e. The maximum atomic E-state index is 11.4. The summed E-state index contributed by atoms with van der Waals surface area (Å²) < 4.78 is 6.90. The second kappa shape index (κ2) is 9.08. The highest BCUT2D eigenvalue weighted by Gasteiger charge is 1.97. The first-order chi connectivity index (χ1) is 8.74. The van der Waals surface area contributed by atoms with E-state index in [2.05, 4.69) is 17.2 Å². The fraction of sp³-hybridized carbons (Fsp3) is 0.667. The lowest BCUT2D eigenvalue weighted by molar-refractivity contribution is 0.133. The number of rotatable bonds is 9. The third-order valence-electron chi connectivity index (χ3n) is 2.42. The first kappa shape index (κ1) is 15.1. The Labute approximate surface area is 112 Å². The zero-order chi connectivity index (χ0) is 13.2. The van der Waals surface area contributed by atoms with Crippen LogP contribution in [0, 0.1) is 0 Å². The van der Waals surface area contributed by atoms with Crippen LogP contribution in [0.1, 0.15) is 19.8 Å². The van der Waals surface area contributed by atoms with Crippen molar-refractivity contribution in [3.8, 4) is 0 Å². The van der Waals surface area contributed by atoms with Crippen molar-refractivity contribution in [2.45, 2.75) is 26.3 Å². The van der Waals surface area contributed by atoms with E-state index >= 15 is 0 Å². The van der Waals surface area contributed by atoms with E-state index in [4.69, 9.17) is 16.3 Å². The topological polar surface area (TPSA) is 56.1 Å². The molecule has 0 aliphatic carbocycles. The smallest absolute Gasteiger partial charge is 0.347 e. The highest BCUT2D eigenvalue weighted by atomic mass is 35.5. The lowest BCUT2D eigenvalue weighted by atomic mass is 10.4. The Kier molecular flexibility index (Phi) is 7.64. The molecule has 1 heterocycles. The largest absolute Gasteiger partial charge is 0.380 e. The highest BCUT2D eigenvalue weighted by molar-refractivity contribution is 6.30. The van der Waals surface area contributed by atoms with E-state index in [0.29, 0.717) is 24.7 Å². The van der Waals surface area contributed by atoms with E-state index in [1.165, 1.54) is 10.8 Å². The van der Waals surface area contributed by atoms with Crippen LogP contribution in [-0.4, -0.2) is 35.9 Å². The number of ether oxygens (including phenoxy) is 1. The van der Waals surface area contributed by atoms with Crippen LogP contribution in [0.4, 0.5) is 0 Å². The molecule has 6 heteroatoms. The molecule has 18 heavy (non-hydrogen) atoms. The molecule has 0 aromatic carbocycles. The number of aromatic nitrogens is 2. The van der Waals surface area contributed by atoms with E-state index in [9.17, 15) is 4.79 Å². The summed E-state index contributed by atoms with van der Waals surface area (Å²) in [7, 11) is 0. The first-order valence-corrected chi connectivity index (χ1v) is 6.62. The van der Waals surface area contributed by atoms with Gasteiger partial charge in [-0.05, 0) is 6.42 Å². The summed E-state index contributed by atoms with van der Waals surface area (Å²) in [6.07, 6.45) is 5.20. The minimum atomic E-state index is -0.277. The number of hydrogen-bond acceptors (Lipinski definition) is 4. The third-order valence-corrected chi connectivity index (χ3v) is 2.61. The average molecular weight is 274 g/mol. The Balaban J connectivity index is 2.11. The van der Waals surface area contributed by atoms with Gasteiger partial charge in [-0.3, -0.25) is 4.57 Å². The molecule has 0 radical (unpaired) electrons. The van der Waals surface area contributed by atoms with Crippen molar-refractivity contribution in [2.75, 3.05) is 26.3 Å². The van der Waals surface area contributed by atoms with Crippen molar-refractivity contribution in [3.63, 3.8) is 0 Å². The van der Waals surface area contributed by atoms with Gasteiger partial charge in [0.25, 0.3) is 0 Å². The van der Waals surface area contributed by atoms with Crippen LogP contribution >= 0.6 is 11.6 Å². The standard InChI is InChI=1S/C12H20ClN3O2/c1-2-3-7-18-8-5-14-4-6-16-10-11(13)9-15-12(16)17/h9-10,14H,2-8H2,1H3. The minimum absolute atomic E-state index is 0.277. The van der Waals surface area contributed by atoms with Crippen LogP contribution in [0.3, 0.4) is 0 Å². The van der Waals surface area contributed by atoms with Crippen molar-refractivity contribution >= 4 is 11.6 Å². The molecule has 5 nitrogen and oxygen atoms in total. The first-order valence-electron chi connectivity index (χ1n) is 6.24. The molecule has 0 atom stereocenters. The van der Waals surface area contributed by atoms with Crippen molar-refractivity contribution in [1.82, 2.24) is 14.9 Å². The van der Waals surface area contributed by atoms with E-state index < -0.39 is 0 Å². The van der Waals surface area contributed by atoms with Gasteiger partial charge >= 0.3 is 5.69 Å². The fourth-order valence-corrected chi connectivity index (χ4v) is 1.57. The Morgan fingerprint density at radius 2 is 2.28 bits per heavy atom. The molecule has 0 amide bonds. The molecule has 1 rings (SSSR count). The number of nitrogens with zero attached hydrogens (tertiary/aromatic N) is 2. The Morgan fingerprint density at radius 3 is 3.06 bits per heavy atom. The monoisotopic (exact) mass is 273 g/mol. The van der Waals surface area contributed by atoms with Gasteiger partial charge in [-0.25, -0.2) is 9.78 Å². The number of nitrogens with one attached hydrogen (secondary N) is 1. The van der Waals surface area contributed by atoms with E-state index in [-0.39, 0.29) is 5.69 Å². The molecule has 0 aliphatic heterocycles. The molecule has 1 aromatic heterocycles. The second-order valence-electron chi connectivity index (χ2n) is 3.96. The van der Waals surface area contributed by atoms with E-state index in [1.54, 1.807) is 6.20 Å². The maximum absolute atomic E-state index is 11.4. The molecular weight excluding hydrogens is 254 g/mol. The van der Waals surface area contributed by atoms with E-state index in [1.807, 2.05) is 0 Å². The molecule has 1 N–H and O–H groups in total. The zero-order valence-electron chi connectivity index (χ0n) is 10.7. The molecule has 0 bridgehead atoms. The molecule has 1 aromatic rings. The summed E-state index contributed by atoms with van der Waals surface area (Å²) in [5.74, 6) is 0. The molecule has 102 valence electrons. The number of halogens is 1. The number of hydrogen-bond donors (Lipinski definition) is 1. The molecule has 0 unspecified atom stereocenters. The summed E-state index contributed by atoms with van der Waals surface area (Å²) in [4.78, 5) is 15.0. The van der Waals surface area contributed by atoms with Crippen molar-refractivity contribution in [2.24, 2.45) is 0 Å². The lowest BCUT2D eigenvalue weighted by Crippen LogP contribution is -2.29. The summed E-state index contributed by atoms with van der Waals surface area (Å²) in [5, 5.41) is 3.67. The predicted octanol–water partition coefficient (Wildman–Crippen LogP) is 1.30. The molecular formula is C12H20ClN3O2. The summed E-state index contributed by atoms with van der Waals surface area (Å²) in [6.45, 7) is 5.68. The Bertz CT molecular complexity index is 395. The normalized spacial score (nSPS) is 10.8. The van der Waals surface area contributed by atoms with Crippen LogP contribution in [0.25, 0.3) is 0 Å². The maximum Gasteiger partial charge on any atom is 0.347 e. The average Bonchev–Trinajstić information content (AvgIpc) is 2.36. The predicted molar refractivity (Wildman–Crippen MR) is 72.1 cm³/mol. The van der Waals surface area contributed by atoms with Gasteiger partial charge in [0, 0.05) is 32.4 Å². The summed E-state index contributed by atoms with van der Waals surface area (Å²) >= 11 is 5.77. The molecule has 0 spiro atoms. The second-order valence-corrected chi connectivity index (χ2v) is 4.40. The van der Waals surface area contributed by atoms with Crippen LogP contribution in [0.5, 0.6) is 0 Å². The van der Waals surface area contributed by atoms with Crippen molar-refractivity contribution in [1.29, 1.82) is 0 Å². The molecule has 0 saturated carbocycles. The molecule has 0 fully saturated rings. The van der Waals surface area contributed by atoms with Crippen LogP contribution in [0.15, 0.2) is 17.2 Å². The molecule has 0 aliphatic rings. The van der Waals surface area contributed by atoms with Gasteiger partial charge in [0.15, 0.2) is 0 Å². The van der Waals surface area contributed by atoms with Crippen molar-refractivity contribution in [3.05, 3.63) is 27.9 Å². The third kappa shape index (κ3) is 6.14. The molecule has 0 saturated heterocycles. The quantitative estimate of drug-likeness (QED) is 0.689. The fourth-order valence-electron chi connectivity index (χ4n) is 1.41. The van der Waals surface area contributed by atoms with Gasteiger partial charge in [-0.2, -0.15) is 0 Å². The zero-order valence-corrected chi connectivity index (χ0v) is 11.4. The lowest BCUT2D eigenvalue weighted by Gasteiger charge is -2.07. The van der Waals surface area contributed by atoms with Crippen molar-refractivity contribution < 1.29 is 4.74 Å². The summed E-state index contributed by atoms with van der Waals surface area (Å²) in [6, 6.07) is 0. The van der Waals surface area contributed by atoms with Gasteiger partial charge in [0.2, 0.25) is 0 Å². The van der Waals surface area contributed by atoms with Gasteiger partial charge < -0.3 is 10.1 Å². The van der Waals surface area contributed by atoms with Crippen LogP contribution < -0.4 is 11.0 Å². The van der Waals surface area contributed by atoms with E-state index in [0.717, 1.165) is 26.0 Å². The van der Waals surface area contributed by atoms with Gasteiger partial charge in [-0.1, -0.05) is 24.9 Å². The summed E-state index contributed by atoms with van der Waals surface area (Å²) in [5.41, 5.74) is -0.277. The number of unbranched alkanes of at least 4 members (excludes halogenated alkanes) is 1. The Morgan fingerprint density at radius 1 is 1.44 bits per heavy atom. The SMILES string of the molecule is CCCCOCCNCCn1cc(Cl)cnc1=O. The highest BCUT2D eigenvalue weighted by Crippen LogP contribution is 2.00. The Hall–Kier alpha value is -0.910. The van der Waals surface area contributed by atoms with Gasteiger partial charge in [0.1, 0.15) is 0 Å². The van der Waals surface area contributed by atoms with Crippen LogP contribution in [-0.2, 0) is 11.3 Å². The van der Waals surface area contributed by atoms with Crippen LogP contribution in [0.2, 0.25) is 5.02 Å². The van der Waals surface area contributed by atoms with Gasteiger partial charge in [0.05, 0.1) is 17.8 Å².